The fourth-order valence-corrected chi connectivity index (χ4v) is 1.15. The van der Waals surface area contributed by atoms with Gasteiger partial charge in [0.1, 0.15) is 23.1 Å². The second-order valence-corrected chi connectivity index (χ2v) is 4.26. The Morgan fingerprint density at radius 3 is 2.42 bits per heavy atom. The lowest BCUT2D eigenvalue weighted by atomic mass is 10.1. The molecule has 19 heavy (non-hydrogen) atoms. The Kier molecular flexibility index (Phi) is 3.70. The van der Waals surface area contributed by atoms with E-state index in [0.29, 0.717) is 6.07 Å². The van der Waals surface area contributed by atoms with Crippen LogP contribution in [0.25, 0.3) is 0 Å². The number of pyridine rings is 1. The van der Waals surface area contributed by atoms with Crippen molar-refractivity contribution in [3.8, 4) is 6.07 Å². The molecule has 0 spiro atoms. The molecule has 0 aromatic carbocycles. The van der Waals surface area contributed by atoms with Crippen LogP contribution in [0.5, 0.6) is 0 Å². The molecule has 1 heterocycles. The molecule has 0 aliphatic carbocycles. The molecule has 0 saturated carbocycles. The van der Waals surface area contributed by atoms with Gasteiger partial charge in [-0.2, -0.15) is 18.4 Å². The Morgan fingerprint density at radius 2 is 2.00 bits per heavy atom. The number of aliphatic carboxylic acids is 1. The molecule has 0 saturated heterocycles. The normalized spacial score (nSPS) is 11.8. The third kappa shape index (κ3) is 3.34. The van der Waals surface area contributed by atoms with Gasteiger partial charge in [-0.25, -0.2) is 9.78 Å². The minimum absolute atomic E-state index is 0.165. The average molecular weight is 273 g/mol. The summed E-state index contributed by atoms with van der Waals surface area (Å²) in [5, 5.41) is 20.0. The zero-order valence-electron chi connectivity index (χ0n) is 10.0. The zero-order valence-corrected chi connectivity index (χ0v) is 10.0. The maximum Gasteiger partial charge on any atom is 0.433 e. The Bertz CT molecular complexity index is 547. The van der Waals surface area contributed by atoms with E-state index in [9.17, 15) is 18.0 Å². The number of aromatic nitrogens is 1. The molecule has 5 nitrogen and oxygen atoms in total. The quantitative estimate of drug-likeness (QED) is 0.882. The summed E-state index contributed by atoms with van der Waals surface area (Å²) in [6.07, 6.45) is -4.67. The first-order chi connectivity index (χ1) is 8.58. The molecular formula is C11H10F3N3O2. The summed E-state index contributed by atoms with van der Waals surface area (Å²) in [6.45, 7) is 2.50. The van der Waals surface area contributed by atoms with Crippen molar-refractivity contribution in [3.05, 3.63) is 23.4 Å². The van der Waals surface area contributed by atoms with Gasteiger partial charge < -0.3 is 10.4 Å². The molecule has 102 valence electrons. The van der Waals surface area contributed by atoms with Crippen LogP contribution < -0.4 is 5.32 Å². The highest BCUT2D eigenvalue weighted by Crippen LogP contribution is 2.30. The van der Waals surface area contributed by atoms with E-state index in [4.69, 9.17) is 10.4 Å². The molecule has 8 heteroatoms. The van der Waals surface area contributed by atoms with Crippen molar-refractivity contribution in [2.24, 2.45) is 0 Å². The van der Waals surface area contributed by atoms with E-state index >= 15 is 0 Å². The molecule has 1 aromatic rings. The highest BCUT2D eigenvalue weighted by atomic mass is 19.4. The van der Waals surface area contributed by atoms with Crippen LogP contribution >= 0.6 is 0 Å². The number of carboxylic acid groups (broad SMARTS) is 1. The lowest BCUT2D eigenvalue weighted by Crippen LogP contribution is -2.40. The third-order valence-electron chi connectivity index (χ3n) is 2.27. The number of nitrogens with one attached hydrogen (secondary N) is 1. The first kappa shape index (κ1) is 14.8. The van der Waals surface area contributed by atoms with Crippen LogP contribution in [0.4, 0.5) is 19.0 Å². The van der Waals surface area contributed by atoms with Crippen molar-refractivity contribution in [1.82, 2.24) is 4.98 Å². The van der Waals surface area contributed by atoms with Gasteiger partial charge in [0.15, 0.2) is 0 Å². The number of carbonyl (C=O) groups is 1. The van der Waals surface area contributed by atoms with Crippen LogP contribution in [-0.2, 0) is 11.0 Å². The van der Waals surface area contributed by atoms with Crippen LogP contribution in [0.3, 0.4) is 0 Å². The number of anilines is 1. The lowest BCUT2D eigenvalue weighted by Gasteiger charge is -2.22. The van der Waals surface area contributed by atoms with E-state index in [1.807, 2.05) is 0 Å². The van der Waals surface area contributed by atoms with Crippen LogP contribution in [0, 0.1) is 11.3 Å². The second kappa shape index (κ2) is 4.76. The number of nitrogens with zero attached hydrogens (tertiary/aromatic N) is 2. The summed E-state index contributed by atoms with van der Waals surface area (Å²) in [4.78, 5) is 14.2. The molecule has 1 aromatic heterocycles. The average Bonchev–Trinajstić information content (AvgIpc) is 2.27. The predicted molar refractivity (Wildman–Crippen MR) is 59.3 cm³/mol. The van der Waals surface area contributed by atoms with E-state index < -0.39 is 29.2 Å². The summed E-state index contributed by atoms with van der Waals surface area (Å²) in [7, 11) is 0. The van der Waals surface area contributed by atoms with Gasteiger partial charge in [-0.1, -0.05) is 0 Å². The summed E-state index contributed by atoms with van der Waals surface area (Å²) >= 11 is 0. The number of nitriles is 1. The fourth-order valence-electron chi connectivity index (χ4n) is 1.15. The molecular weight excluding hydrogens is 263 g/mol. The first-order valence-electron chi connectivity index (χ1n) is 5.08. The minimum atomic E-state index is -4.67. The van der Waals surface area contributed by atoms with Crippen LogP contribution in [0.15, 0.2) is 12.1 Å². The summed E-state index contributed by atoms with van der Waals surface area (Å²) in [5.74, 6) is -1.69. The Morgan fingerprint density at radius 1 is 1.42 bits per heavy atom. The SMILES string of the molecule is CC(C)(Nc1nc(C(F)(F)F)ccc1C#N)C(=O)O. The van der Waals surface area contributed by atoms with E-state index in [1.54, 1.807) is 6.07 Å². The summed E-state index contributed by atoms with van der Waals surface area (Å²) in [5.41, 5.74) is -2.92. The molecule has 0 bridgehead atoms. The van der Waals surface area contributed by atoms with Crippen LogP contribution in [-0.4, -0.2) is 21.6 Å². The standard InChI is InChI=1S/C11H10F3N3O2/c1-10(2,9(18)19)17-8-6(5-15)3-4-7(16-8)11(12,13)14/h3-4H,1-2H3,(H,16,17)(H,18,19). The minimum Gasteiger partial charge on any atom is -0.480 e. The highest BCUT2D eigenvalue weighted by Gasteiger charge is 2.34. The van der Waals surface area contributed by atoms with Crippen LogP contribution in [0.1, 0.15) is 25.1 Å². The molecule has 0 atom stereocenters. The number of halogens is 3. The number of hydrogen-bond acceptors (Lipinski definition) is 4. The Balaban J connectivity index is 3.26. The van der Waals surface area contributed by atoms with Gasteiger partial charge in [0.05, 0.1) is 5.56 Å². The van der Waals surface area contributed by atoms with Gasteiger partial charge >= 0.3 is 12.1 Å². The topological polar surface area (TPSA) is 86.0 Å². The summed E-state index contributed by atoms with van der Waals surface area (Å²) < 4.78 is 37.5. The monoisotopic (exact) mass is 273 g/mol. The molecule has 0 amide bonds. The van der Waals surface area contributed by atoms with Gasteiger partial charge in [0.2, 0.25) is 0 Å². The van der Waals surface area contributed by atoms with Gasteiger partial charge in [-0.15, -0.1) is 0 Å². The smallest absolute Gasteiger partial charge is 0.433 e. The predicted octanol–water partition coefficient (Wildman–Crippen LogP) is 2.25. The lowest BCUT2D eigenvalue weighted by molar-refractivity contribution is -0.141. The fraction of sp³-hybridized carbons (Fsp3) is 0.364. The molecule has 2 N–H and O–H groups in total. The molecule has 0 aliphatic rings. The number of rotatable bonds is 3. The van der Waals surface area contributed by atoms with E-state index in [1.165, 1.54) is 13.8 Å². The summed E-state index contributed by atoms with van der Waals surface area (Å²) in [6, 6.07) is 3.26. The maximum atomic E-state index is 12.5. The van der Waals surface area contributed by atoms with Crippen molar-refractivity contribution < 1.29 is 23.1 Å². The molecule has 0 unspecified atom stereocenters. The van der Waals surface area contributed by atoms with Crippen molar-refractivity contribution in [1.29, 1.82) is 5.26 Å². The van der Waals surface area contributed by atoms with Crippen molar-refractivity contribution in [2.75, 3.05) is 5.32 Å². The number of hydrogen-bond donors (Lipinski definition) is 2. The Labute approximate surface area is 106 Å². The first-order valence-corrected chi connectivity index (χ1v) is 5.08. The van der Waals surface area contributed by atoms with Crippen LogP contribution in [0.2, 0.25) is 0 Å². The second-order valence-electron chi connectivity index (χ2n) is 4.26. The Hall–Kier alpha value is -2.30. The zero-order chi connectivity index (χ0) is 14.8. The van der Waals surface area contributed by atoms with Gasteiger partial charge in [-0.05, 0) is 26.0 Å². The van der Waals surface area contributed by atoms with E-state index in [2.05, 4.69) is 10.3 Å². The molecule has 1 rings (SSSR count). The van der Waals surface area contributed by atoms with Crippen molar-refractivity contribution >= 4 is 11.8 Å². The number of alkyl halides is 3. The molecule has 0 radical (unpaired) electrons. The van der Waals surface area contributed by atoms with E-state index in [0.717, 1.165) is 6.07 Å². The largest absolute Gasteiger partial charge is 0.480 e. The van der Waals surface area contributed by atoms with Gasteiger partial charge in [-0.3, -0.25) is 0 Å². The van der Waals surface area contributed by atoms with Gasteiger partial charge in [0.25, 0.3) is 0 Å². The van der Waals surface area contributed by atoms with Gasteiger partial charge in [0, 0.05) is 0 Å². The highest BCUT2D eigenvalue weighted by molar-refractivity contribution is 5.81. The number of carboxylic acids is 1. The van der Waals surface area contributed by atoms with Crippen molar-refractivity contribution in [3.63, 3.8) is 0 Å². The molecule has 0 fully saturated rings. The van der Waals surface area contributed by atoms with E-state index in [-0.39, 0.29) is 5.56 Å². The third-order valence-corrected chi connectivity index (χ3v) is 2.27. The molecule has 0 aliphatic heterocycles. The maximum absolute atomic E-state index is 12.5. The van der Waals surface area contributed by atoms with Crippen molar-refractivity contribution in [2.45, 2.75) is 25.6 Å².